The zero-order valence-electron chi connectivity index (χ0n) is 46.1. The van der Waals surface area contributed by atoms with E-state index in [-0.39, 0.29) is 25.9 Å². The molecule has 0 bridgehead atoms. The number of aliphatic hydroxyl groups excluding tert-OH is 2. The molecule has 1 aliphatic rings. The quantitative estimate of drug-likeness (QED) is 0.0228. The molecule has 1 rings (SSSR count). The highest BCUT2D eigenvalue weighted by molar-refractivity contribution is 5.74. The molecule has 1 aliphatic heterocycles. The lowest BCUT2D eigenvalue weighted by molar-refractivity contribution is -0.301. The Bertz CT molecular complexity index is 1500. The van der Waals surface area contributed by atoms with Gasteiger partial charge in [-0.3, -0.25) is 14.4 Å². The molecule has 0 aliphatic carbocycles. The van der Waals surface area contributed by atoms with Crippen molar-refractivity contribution in [3.63, 3.8) is 0 Å². The molecule has 1 saturated heterocycles. The fourth-order valence-electron chi connectivity index (χ4n) is 8.60. The lowest BCUT2D eigenvalue weighted by Gasteiger charge is -2.40. The molecule has 0 amide bonds. The maximum Gasteiger partial charge on any atom is 0.335 e. The van der Waals surface area contributed by atoms with Crippen molar-refractivity contribution in [2.45, 2.75) is 289 Å². The molecule has 1 heterocycles. The van der Waals surface area contributed by atoms with Gasteiger partial charge in [0.05, 0.1) is 6.61 Å². The second-order valence-electron chi connectivity index (χ2n) is 19.9. The molecule has 0 radical (unpaired) electrons. The zero-order valence-corrected chi connectivity index (χ0v) is 46.1. The smallest absolute Gasteiger partial charge is 0.335 e. The van der Waals surface area contributed by atoms with E-state index in [1.165, 1.54) is 77.0 Å². The average molecular weight is 1030 g/mol. The number of ether oxygens (including phenoxy) is 5. The van der Waals surface area contributed by atoms with Gasteiger partial charge in [-0.25, -0.2) is 4.79 Å². The van der Waals surface area contributed by atoms with Crippen LogP contribution < -0.4 is 0 Å². The monoisotopic (exact) mass is 1030 g/mol. The second kappa shape index (κ2) is 49.3. The molecule has 3 N–H and O–H groups in total. The molecule has 0 aromatic rings. The van der Waals surface area contributed by atoms with Gasteiger partial charge in [0.25, 0.3) is 0 Å². The lowest BCUT2D eigenvalue weighted by Crippen LogP contribution is -2.61. The summed E-state index contributed by atoms with van der Waals surface area (Å²) in [5.74, 6) is -3.17. The molecular formula is C61H104O12. The Balaban J connectivity index is 2.69. The van der Waals surface area contributed by atoms with E-state index in [9.17, 15) is 34.5 Å². The number of hydrogen-bond acceptors (Lipinski definition) is 11. The van der Waals surface area contributed by atoms with Crippen LogP contribution in [0.25, 0.3) is 0 Å². The van der Waals surface area contributed by atoms with Gasteiger partial charge in [-0.2, -0.15) is 0 Å². The Hall–Kier alpha value is -3.58. The van der Waals surface area contributed by atoms with Gasteiger partial charge in [0.15, 0.2) is 24.6 Å². The van der Waals surface area contributed by atoms with Gasteiger partial charge in [0, 0.05) is 19.3 Å². The lowest BCUT2D eigenvalue weighted by atomic mass is 9.98. The van der Waals surface area contributed by atoms with Crippen LogP contribution in [0.4, 0.5) is 0 Å². The highest BCUT2D eigenvalue weighted by Gasteiger charge is 2.50. The van der Waals surface area contributed by atoms with Crippen molar-refractivity contribution >= 4 is 23.9 Å². The molecular weight excluding hydrogens is 925 g/mol. The third kappa shape index (κ3) is 39.5. The van der Waals surface area contributed by atoms with Gasteiger partial charge >= 0.3 is 23.9 Å². The standard InChI is InChI=1S/C61H104O12/c1-4-7-10-13-16-19-22-25-26-27-28-31-34-37-40-43-46-49-55(64)72-59-57(66)56(65)58(60(67)68)73-61(59)70-51-52(71-54(63)48-45-42-39-36-33-30-24-21-18-15-12-9-6-3)50-69-53(62)47-44-41-38-35-32-29-23-20-17-14-11-8-5-2/h8,11-12,15,17,20-21,24,29,32,52,56-59,61,65-66H,4-7,9-10,13-14,16,18-19,22-23,25-28,30-31,33-51H2,1-3H3,(H,67,68)/b11-8-,15-12-,20-17-,24-21-,32-29-. The Labute approximate surface area is 443 Å². The first kappa shape index (κ1) is 67.4. The van der Waals surface area contributed by atoms with E-state index in [0.29, 0.717) is 19.3 Å². The number of aliphatic hydroxyl groups is 2. The van der Waals surface area contributed by atoms with E-state index in [2.05, 4.69) is 81.5 Å². The van der Waals surface area contributed by atoms with E-state index in [0.717, 1.165) is 116 Å². The zero-order chi connectivity index (χ0) is 53.3. The van der Waals surface area contributed by atoms with Crippen molar-refractivity contribution in [2.75, 3.05) is 13.2 Å². The maximum absolute atomic E-state index is 13.1. The summed E-state index contributed by atoms with van der Waals surface area (Å²) in [6.45, 7) is 5.78. The molecule has 0 saturated carbocycles. The van der Waals surface area contributed by atoms with Gasteiger partial charge < -0.3 is 39.0 Å². The van der Waals surface area contributed by atoms with Crippen molar-refractivity contribution in [3.05, 3.63) is 60.8 Å². The van der Waals surface area contributed by atoms with E-state index >= 15 is 0 Å². The third-order valence-electron chi connectivity index (χ3n) is 13.1. The molecule has 73 heavy (non-hydrogen) atoms. The van der Waals surface area contributed by atoms with Crippen LogP contribution in [-0.2, 0) is 42.9 Å². The fraction of sp³-hybridized carbons (Fsp3) is 0.770. The number of hydrogen-bond donors (Lipinski definition) is 3. The maximum atomic E-state index is 13.1. The summed E-state index contributed by atoms with van der Waals surface area (Å²) in [6, 6.07) is 0. The van der Waals surface area contributed by atoms with Crippen LogP contribution in [0.15, 0.2) is 60.8 Å². The minimum atomic E-state index is -1.91. The van der Waals surface area contributed by atoms with E-state index in [4.69, 9.17) is 23.7 Å². The Morgan fingerprint density at radius 1 is 0.466 bits per heavy atom. The Morgan fingerprint density at radius 2 is 0.890 bits per heavy atom. The van der Waals surface area contributed by atoms with Gasteiger partial charge in [-0.1, -0.05) is 216 Å². The Morgan fingerprint density at radius 3 is 1.38 bits per heavy atom. The Kier molecular flexibility index (Phi) is 45.5. The highest BCUT2D eigenvalue weighted by Crippen LogP contribution is 2.26. The summed E-state index contributed by atoms with van der Waals surface area (Å²) in [6.07, 6.45) is 47.7. The summed E-state index contributed by atoms with van der Waals surface area (Å²) in [5, 5.41) is 31.5. The van der Waals surface area contributed by atoms with Crippen LogP contribution in [-0.4, -0.2) is 89.2 Å². The van der Waals surface area contributed by atoms with Crippen molar-refractivity contribution in [1.82, 2.24) is 0 Å². The number of aliphatic carboxylic acids is 1. The number of esters is 3. The minimum absolute atomic E-state index is 0.0585. The largest absolute Gasteiger partial charge is 0.479 e. The number of carbonyl (C=O) groups excluding carboxylic acids is 3. The van der Waals surface area contributed by atoms with E-state index < -0.39 is 67.3 Å². The summed E-state index contributed by atoms with van der Waals surface area (Å²) in [5.41, 5.74) is 0. The van der Waals surface area contributed by atoms with Crippen LogP contribution in [0, 0.1) is 0 Å². The van der Waals surface area contributed by atoms with Crippen LogP contribution in [0.1, 0.15) is 252 Å². The number of carboxylic acids is 1. The summed E-state index contributed by atoms with van der Waals surface area (Å²) < 4.78 is 28.4. The molecule has 6 atom stereocenters. The number of carbonyl (C=O) groups is 4. The highest BCUT2D eigenvalue weighted by atomic mass is 16.7. The predicted molar refractivity (Wildman–Crippen MR) is 294 cm³/mol. The predicted octanol–water partition coefficient (Wildman–Crippen LogP) is 14.8. The fourth-order valence-corrected chi connectivity index (χ4v) is 8.60. The first-order valence-corrected chi connectivity index (χ1v) is 29.3. The molecule has 420 valence electrons. The topological polar surface area (TPSA) is 175 Å². The first-order chi connectivity index (χ1) is 35.6. The summed E-state index contributed by atoms with van der Waals surface area (Å²) in [4.78, 5) is 51.0. The SMILES string of the molecule is CC/C=C\C/C=C\C/C=C\CCCCCC(=O)OCC(COC1OC(C(=O)O)C(O)C(O)C1OC(=O)CCCCCCCCCCCCCCCCCCC)OC(=O)CCCCCCC/C=C\C/C=C\CCC. The van der Waals surface area contributed by atoms with Gasteiger partial charge in [0.2, 0.25) is 0 Å². The minimum Gasteiger partial charge on any atom is -0.479 e. The van der Waals surface area contributed by atoms with Gasteiger partial charge in [-0.05, 0) is 77.0 Å². The van der Waals surface area contributed by atoms with Crippen molar-refractivity contribution in [2.24, 2.45) is 0 Å². The van der Waals surface area contributed by atoms with Crippen molar-refractivity contribution in [3.8, 4) is 0 Å². The molecule has 0 aromatic carbocycles. The van der Waals surface area contributed by atoms with Crippen molar-refractivity contribution in [1.29, 1.82) is 0 Å². The van der Waals surface area contributed by atoms with Crippen LogP contribution >= 0.6 is 0 Å². The molecule has 12 nitrogen and oxygen atoms in total. The molecule has 0 aromatic heterocycles. The summed E-state index contributed by atoms with van der Waals surface area (Å²) >= 11 is 0. The third-order valence-corrected chi connectivity index (χ3v) is 13.1. The first-order valence-electron chi connectivity index (χ1n) is 29.3. The molecule has 12 heteroatoms. The number of allylic oxidation sites excluding steroid dienone is 10. The van der Waals surface area contributed by atoms with Gasteiger partial charge in [0.1, 0.15) is 18.8 Å². The summed E-state index contributed by atoms with van der Waals surface area (Å²) in [7, 11) is 0. The van der Waals surface area contributed by atoms with Crippen LogP contribution in [0.5, 0.6) is 0 Å². The van der Waals surface area contributed by atoms with Crippen LogP contribution in [0.3, 0.4) is 0 Å². The van der Waals surface area contributed by atoms with Crippen LogP contribution in [0.2, 0.25) is 0 Å². The number of unbranched alkanes of at least 4 members (excludes halogenated alkanes) is 25. The number of carboxylic acid groups (broad SMARTS) is 1. The molecule has 0 spiro atoms. The van der Waals surface area contributed by atoms with E-state index in [1.54, 1.807) is 0 Å². The van der Waals surface area contributed by atoms with Crippen molar-refractivity contribution < 1.29 is 58.2 Å². The molecule has 6 unspecified atom stereocenters. The van der Waals surface area contributed by atoms with Gasteiger partial charge in [-0.15, -0.1) is 0 Å². The number of rotatable bonds is 49. The second-order valence-corrected chi connectivity index (χ2v) is 19.9. The molecule has 1 fully saturated rings. The normalized spacial score (nSPS) is 18.7. The van der Waals surface area contributed by atoms with E-state index in [1.807, 2.05) is 0 Å². The average Bonchev–Trinajstić information content (AvgIpc) is 3.37.